The quantitative estimate of drug-likeness (QED) is 0.913. The summed E-state index contributed by atoms with van der Waals surface area (Å²) in [4.78, 5) is 26.4. The van der Waals surface area contributed by atoms with Crippen molar-refractivity contribution in [2.45, 2.75) is 26.4 Å². The van der Waals surface area contributed by atoms with Gasteiger partial charge in [0.25, 0.3) is 5.91 Å². The fourth-order valence-electron chi connectivity index (χ4n) is 2.79. The van der Waals surface area contributed by atoms with Gasteiger partial charge in [-0.25, -0.2) is 0 Å². The highest BCUT2D eigenvalue weighted by molar-refractivity contribution is 6.31. The zero-order valence-corrected chi connectivity index (χ0v) is 14.8. The summed E-state index contributed by atoms with van der Waals surface area (Å²) in [6.45, 7) is 3.87. The lowest BCUT2D eigenvalue weighted by Gasteiger charge is -2.33. The molecule has 130 valence electrons. The third-order valence-electron chi connectivity index (χ3n) is 4.17. The van der Waals surface area contributed by atoms with E-state index in [1.165, 1.54) is 4.90 Å². The zero-order valence-electron chi connectivity index (χ0n) is 14.1. The van der Waals surface area contributed by atoms with Gasteiger partial charge in [0, 0.05) is 11.6 Å². The molecule has 1 N–H and O–H groups in total. The van der Waals surface area contributed by atoms with Gasteiger partial charge in [0.15, 0.2) is 6.61 Å². The van der Waals surface area contributed by atoms with E-state index in [2.05, 4.69) is 5.32 Å². The lowest BCUT2D eigenvalue weighted by molar-refractivity contribution is -0.127. The molecule has 0 fully saturated rings. The third-order valence-corrected chi connectivity index (χ3v) is 4.54. The SMILES string of the molecule is Cc1ccc2c(c1)N(C(C)C(=O)NCc1ccccc1Cl)C(=O)CO2. The van der Waals surface area contributed by atoms with Crippen LogP contribution in [0.3, 0.4) is 0 Å². The number of ether oxygens (including phenoxy) is 1. The maximum absolute atomic E-state index is 12.6. The van der Waals surface area contributed by atoms with E-state index >= 15 is 0 Å². The van der Waals surface area contributed by atoms with Crippen LogP contribution in [0, 0.1) is 6.92 Å². The molecule has 6 heteroatoms. The minimum atomic E-state index is -0.653. The summed E-state index contributed by atoms with van der Waals surface area (Å²) in [6.07, 6.45) is 0. The number of fused-ring (bicyclic) bond motifs is 1. The minimum Gasteiger partial charge on any atom is -0.482 e. The first-order valence-corrected chi connectivity index (χ1v) is 8.42. The molecule has 1 aliphatic heterocycles. The number of nitrogens with one attached hydrogen (secondary N) is 1. The average Bonchev–Trinajstić information content (AvgIpc) is 2.60. The number of amides is 2. The van der Waals surface area contributed by atoms with E-state index in [1.807, 2.05) is 43.3 Å². The topological polar surface area (TPSA) is 58.6 Å². The molecule has 0 aromatic heterocycles. The van der Waals surface area contributed by atoms with Crippen LogP contribution in [0.25, 0.3) is 0 Å². The van der Waals surface area contributed by atoms with Gasteiger partial charge < -0.3 is 10.1 Å². The fourth-order valence-corrected chi connectivity index (χ4v) is 3.00. The Labute approximate surface area is 151 Å². The van der Waals surface area contributed by atoms with Crippen LogP contribution in [0.2, 0.25) is 5.02 Å². The number of hydrogen-bond acceptors (Lipinski definition) is 3. The standard InChI is InChI=1S/C19H19ClN2O3/c1-12-7-8-17-16(9-12)22(18(23)11-25-17)13(2)19(24)21-10-14-5-3-4-6-15(14)20/h3-9,13H,10-11H2,1-2H3,(H,21,24). The van der Waals surface area contributed by atoms with Crippen LogP contribution in [-0.2, 0) is 16.1 Å². The van der Waals surface area contributed by atoms with Gasteiger partial charge in [-0.1, -0.05) is 35.9 Å². The van der Waals surface area contributed by atoms with Crippen LogP contribution in [-0.4, -0.2) is 24.5 Å². The predicted molar refractivity (Wildman–Crippen MR) is 96.9 cm³/mol. The summed E-state index contributed by atoms with van der Waals surface area (Å²) in [5, 5.41) is 3.44. The average molecular weight is 359 g/mol. The molecule has 1 heterocycles. The Bertz CT molecular complexity index is 822. The number of anilines is 1. The Morgan fingerprint density at radius 3 is 2.84 bits per heavy atom. The summed E-state index contributed by atoms with van der Waals surface area (Å²) < 4.78 is 5.46. The van der Waals surface area contributed by atoms with Gasteiger partial charge in [-0.2, -0.15) is 0 Å². The Morgan fingerprint density at radius 2 is 2.08 bits per heavy atom. The van der Waals surface area contributed by atoms with Crippen LogP contribution in [0.15, 0.2) is 42.5 Å². The summed E-state index contributed by atoms with van der Waals surface area (Å²) in [6, 6.07) is 12.3. The van der Waals surface area contributed by atoms with Crippen molar-refractivity contribution in [3.63, 3.8) is 0 Å². The van der Waals surface area contributed by atoms with E-state index in [4.69, 9.17) is 16.3 Å². The van der Waals surface area contributed by atoms with Gasteiger partial charge in [0.1, 0.15) is 11.8 Å². The minimum absolute atomic E-state index is 0.0712. The molecule has 3 rings (SSSR count). The molecule has 1 atom stereocenters. The van der Waals surface area contributed by atoms with Crippen molar-refractivity contribution < 1.29 is 14.3 Å². The molecule has 0 radical (unpaired) electrons. The Hall–Kier alpha value is -2.53. The van der Waals surface area contributed by atoms with E-state index in [0.29, 0.717) is 23.0 Å². The molecule has 5 nitrogen and oxygen atoms in total. The van der Waals surface area contributed by atoms with Gasteiger partial charge in [-0.15, -0.1) is 0 Å². The van der Waals surface area contributed by atoms with Gasteiger partial charge >= 0.3 is 0 Å². The lowest BCUT2D eigenvalue weighted by atomic mass is 10.1. The van der Waals surface area contributed by atoms with Crippen molar-refractivity contribution in [1.82, 2.24) is 5.32 Å². The Balaban J connectivity index is 1.77. The molecule has 0 saturated carbocycles. The van der Waals surface area contributed by atoms with E-state index < -0.39 is 6.04 Å². The summed E-state index contributed by atoms with van der Waals surface area (Å²) in [5.74, 6) is 0.122. The normalized spacial score (nSPS) is 14.5. The maximum atomic E-state index is 12.6. The second-order valence-corrected chi connectivity index (χ2v) is 6.42. The maximum Gasteiger partial charge on any atom is 0.265 e. The highest BCUT2D eigenvalue weighted by Crippen LogP contribution is 2.34. The fraction of sp³-hybridized carbons (Fsp3) is 0.263. The number of carbonyl (C=O) groups excluding carboxylic acids is 2. The van der Waals surface area contributed by atoms with Crippen LogP contribution in [0.4, 0.5) is 5.69 Å². The van der Waals surface area contributed by atoms with Crippen molar-refractivity contribution >= 4 is 29.1 Å². The highest BCUT2D eigenvalue weighted by atomic mass is 35.5. The summed E-state index contributed by atoms with van der Waals surface area (Å²) >= 11 is 6.11. The van der Waals surface area contributed by atoms with E-state index in [1.54, 1.807) is 13.0 Å². The highest BCUT2D eigenvalue weighted by Gasteiger charge is 2.33. The Kier molecular flexibility index (Phi) is 4.95. The molecule has 2 aromatic carbocycles. The van der Waals surface area contributed by atoms with E-state index in [9.17, 15) is 9.59 Å². The number of nitrogens with zero attached hydrogens (tertiary/aromatic N) is 1. The van der Waals surface area contributed by atoms with Crippen LogP contribution >= 0.6 is 11.6 Å². The number of carbonyl (C=O) groups is 2. The smallest absolute Gasteiger partial charge is 0.265 e. The molecule has 2 aromatic rings. The van der Waals surface area contributed by atoms with Gasteiger partial charge in [-0.05, 0) is 43.2 Å². The van der Waals surface area contributed by atoms with E-state index in [-0.39, 0.29) is 18.4 Å². The molecule has 2 amide bonds. The monoisotopic (exact) mass is 358 g/mol. The molecule has 25 heavy (non-hydrogen) atoms. The zero-order chi connectivity index (χ0) is 18.0. The van der Waals surface area contributed by atoms with Crippen molar-refractivity contribution in [2.75, 3.05) is 11.5 Å². The second kappa shape index (κ2) is 7.15. The van der Waals surface area contributed by atoms with Crippen molar-refractivity contribution in [2.24, 2.45) is 0 Å². The first-order valence-electron chi connectivity index (χ1n) is 8.04. The summed E-state index contributed by atoms with van der Waals surface area (Å²) in [5.41, 5.74) is 2.44. The van der Waals surface area contributed by atoms with Crippen molar-refractivity contribution in [3.05, 3.63) is 58.6 Å². The molecule has 0 saturated heterocycles. The number of benzene rings is 2. The molecule has 1 unspecified atom stereocenters. The largest absolute Gasteiger partial charge is 0.482 e. The van der Waals surface area contributed by atoms with Crippen LogP contribution < -0.4 is 15.0 Å². The predicted octanol–water partition coefficient (Wildman–Crippen LogP) is 3.08. The second-order valence-electron chi connectivity index (χ2n) is 6.01. The van der Waals surface area contributed by atoms with Crippen LogP contribution in [0.5, 0.6) is 5.75 Å². The summed E-state index contributed by atoms with van der Waals surface area (Å²) in [7, 11) is 0. The third kappa shape index (κ3) is 3.61. The first-order chi connectivity index (χ1) is 12.0. The lowest BCUT2D eigenvalue weighted by Crippen LogP contribution is -2.51. The van der Waals surface area contributed by atoms with Crippen LogP contribution in [0.1, 0.15) is 18.1 Å². The number of rotatable bonds is 4. The molecular weight excluding hydrogens is 340 g/mol. The van der Waals surface area contributed by atoms with Crippen molar-refractivity contribution in [1.29, 1.82) is 0 Å². The van der Waals surface area contributed by atoms with Gasteiger partial charge in [0.05, 0.1) is 5.69 Å². The van der Waals surface area contributed by atoms with Gasteiger partial charge in [0.2, 0.25) is 5.91 Å². The van der Waals surface area contributed by atoms with Crippen molar-refractivity contribution in [3.8, 4) is 5.75 Å². The first kappa shape index (κ1) is 17.3. The number of aryl methyl sites for hydroxylation is 1. The molecule has 0 aliphatic carbocycles. The number of halogens is 1. The van der Waals surface area contributed by atoms with E-state index in [0.717, 1.165) is 11.1 Å². The Morgan fingerprint density at radius 1 is 1.32 bits per heavy atom. The molecular formula is C19H19ClN2O3. The molecule has 1 aliphatic rings. The molecule has 0 spiro atoms. The van der Waals surface area contributed by atoms with Gasteiger partial charge in [-0.3, -0.25) is 14.5 Å². The molecule has 0 bridgehead atoms. The number of hydrogen-bond donors (Lipinski definition) is 1.